The highest BCUT2D eigenvalue weighted by molar-refractivity contribution is 5.82. The van der Waals surface area contributed by atoms with Crippen LogP contribution in [0.15, 0.2) is 34.0 Å². The van der Waals surface area contributed by atoms with E-state index in [0.29, 0.717) is 38.9 Å². The maximum Gasteiger partial charge on any atom is 0.410 e. The monoisotopic (exact) mass is 664 g/mol. The summed E-state index contributed by atoms with van der Waals surface area (Å²) in [7, 11) is 3.08. The fourth-order valence-corrected chi connectivity index (χ4v) is 5.91. The quantitative estimate of drug-likeness (QED) is 0.324. The Morgan fingerprint density at radius 1 is 1.04 bits per heavy atom. The normalized spacial score (nSPS) is 19.9. The van der Waals surface area contributed by atoms with Gasteiger partial charge in [0.1, 0.15) is 11.2 Å². The van der Waals surface area contributed by atoms with E-state index in [1.54, 1.807) is 27.9 Å². The lowest BCUT2D eigenvalue weighted by atomic mass is 9.75. The Morgan fingerprint density at radius 3 is 2.30 bits per heavy atom. The molecule has 1 aromatic heterocycles. The number of ether oxygens (including phenoxy) is 3. The number of benzene rings is 1. The van der Waals surface area contributed by atoms with Crippen molar-refractivity contribution in [3.63, 3.8) is 0 Å². The zero-order chi connectivity index (χ0) is 34.5. The molecule has 12 nitrogen and oxygen atoms in total. The molecular formula is C33H46F2N4O8. The summed E-state index contributed by atoms with van der Waals surface area (Å²) in [5.74, 6) is -4.14. The van der Waals surface area contributed by atoms with Crippen LogP contribution in [-0.4, -0.2) is 88.2 Å². The van der Waals surface area contributed by atoms with Crippen molar-refractivity contribution in [3.8, 4) is 0 Å². The molecular weight excluding hydrogens is 618 g/mol. The second kappa shape index (κ2) is 15.1. The van der Waals surface area contributed by atoms with Crippen LogP contribution in [0.25, 0.3) is 0 Å². The van der Waals surface area contributed by atoms with Gasteiger partial charge in [-0.25, -0.2) is 18.4 Å². The summed E-state index contributed by atoms with van der Waals surface area (Å²) in [6.45, 7) is 5.84. The van der Waals surface area contributed by atoms with E-state index in [0.717, 1.165) is 16.7 Å². The van der Waals surface area contributed by atoms with Crippen molar-refractivity contribution < 1.29 is 37.7 Å². The molecule has 2 atom stereocenters. The second-order valence-corrected chi connectivity index (χ2v) is 13.3. The van der Waals surface area contributed by atoms with Crippen LogP contribution in [0, 0.1) is 17.6 Å². The molecule has 0 radical (unpaired) electrons. The van der Waals surface area contributed by atoms with Crippen LogP contribution in [0.1, 0.15) is 64.0 Å². The number of halogens is 2. The molecule has 2 fully saturated rings. The van der Waals surface area contributed by atoms with E-state index in [1.807, 2.05) is 0 Å². The number of aryl methyl sites for hydroxylation is 1. The maximum absolute atomic E-state index is 14.6. The molecule has 1 aliphatic heterocycles. The van der Waals surface area contributed by atoms with Crippen LogP contribution in [0.2, 0.25) is 0 Å². The third kappa shape index (κ3) is 8.65. The van der Waals surface area contributed by atoms with Crippen LogP contribution < -0.4 is 11.2 Å². The highest BCUT2D eigenvalue weighted by Gasteiger charge is 2.51. The standard InChI is InChI=1S/C33H46F2N4O8/c1-32(2,3)47-31(43)37-15-12-33(44,23-8-11-26(34)27(35)18-23)25(21-37)29(41)39(24-9-10-24)20-22-19-36(13-6-16-45-4)30(42)38(28(22)40)14-7-17-46-5/h8,11,18-19,24-25,44H,6-7,9-10,12-17,20-21H2,1-5H3/t25-,33+/m1/s1. The van der Waals surface area contributed by atoms with E-state index in [9.17, 15) is 33.1 Å². The zero-order valence-corrected chi connectivity index (χ0v) is 27.8. The van der Waals surface area contributed by atoms with Gasteiger partial charge < -0.3 is 29.1 Å². The summed E-state index contributed by atoms with van der Waals surface area (Å²) in [6.07, 6.45) is 2.86. The van der Waals surface area contributed by atoms with Gasteiger partial charge in [0.05, 0.1) is 18.0 Å². The third-order valence-electron chi connectivity index (χ3n) is 8.51. The first-order valence-electron chi connectivity index (χ1n) is 16.0. The van der Waals surface area contributed by atoms with Gasteiger partial charge in [-0.3, -0.25) is 18.7 Å². The topological polar surface area (TPSA) is 133 Å². The average Bonchev–Trinajstić information content (AvgIpc) is 3.85. The molecule has 2 amide bonds. The van der Waals surface area contributed by atoms with Crippen LogP contribution in [0.4, 0.5) is 13.6 Å². The highest BCUT2D eigenvalue weighted by Crippen LogP contribution is 2.41. The summed E-state index contributed by atoms with van der Waals surface area (Å²) in [6, 6.07) is 2.73. The van der Waals surface area contributed by atoms with E-state index in [1.165, 1.54) is 33.7 Å². The lowest BCUT2D eigenvalue weighted by Crippen LogP contribution is -2.58. The van der Waals surface area contributed by atoms with Crippen molar-refractivity contribution >= 4 is 12.0 Å². The van der Waals surface area contributed by atoms with Gasteiger partial charge in [0.2, 0.25) is 5.91 Å². The van der Waals surface area contributed by atoms with Gasteiger partial charge in [-0.2, -0.15) is 0 Å². The molecule has 4 rings (SSSR count). The first-order chi connectivity index (χ1) is 22.2. The van der Waals surface area contributed by atoms with Crippen LogP contribution in [0.5, 0.6) is 0 Å². The van der Waals surface area contributed by atoms with Crippen molar-refractivity contribution in [1.29, 1.82) is 0 Å². The zero-order valence-electron chi connectivity index (χ0n) is 27.8. The van der Waals surface area contributed by atoms with Crippen molar-refractivity contribution in [3.05, 3.63) is 68.0 Å². The number of piperidine rings is 1. The second-order valence-electron chi connectivity index (χ2n) is 13.3. The largest absolute Gasteiger partial charge is 0.444 e. The minimum Gasteiger partial charge on any atom is -0.444 e. The Morgan fingerprint density at radius 2 is 1.70 bits per heavy atom. The highest BCUT2D eigenvalue weighted by atomic mass is 19.2. The number of methoxy groups -OCH3 is 2. The SMILES string of the molecule is COCCCn1cc(CN(C(=O)[C@H]2CN(C(=O)OC(C)(C)C)CC[C@]2(O)c2ccc(F)c(F)c2)C2CC2)c(=O)n(CCCOC)c1=O. The fraction of sp³-hybridized carbons (Fsp3) is 0.636. The minimum atomic E-state index is -1.96. The molecule has 1 aromatic carbocycles. The molecule has 1 N–H and O–H groups in total. The van der Waals surface area contributed by atoms with Gasteiger partial charge in [0.25, 0.3) is 5.56 Å². The Hall–Kier alpha value is -3.62. The van der Waals surface area contributed by atoms with Gasteiger partial charge in [-0.1, -0.05) is 6.07 Å². The predicted octanol–water partition coefficient (Wildman–Crippen LogP) is 3.00. The number of nitrogens with zero attached hydrogens (tertiary/aromatic N) is 4. The minimum absolute atomic E-state index is 0.00141. The first kappa shape index (κ1) is 36.2. The smallest absolute Gasteiger partial charge is 0.410 e. The number of carbonyl (C=O) groups excluding carboxylic acids is 2. The van der Waals surface area contributed by atoms with E-state index in [2.05, 4.69) is 0 Å². The van der Waals surface area contributed by atoms with E-state index < -0.39 is 52.0 Å². The lowest BCUT2D eigenvalue weighted by molar-refractivity contribution is -0.155. The Bertz CT molecular complexity index is 1550. The van der Waals surface area contributed by atoms with E-state index in [4.69, 9.17) is 14.2 Å². The molecule has 2 aliphatic rings. The number of amides is 2. The summed E-state index contributed by atoms with van der Waals surface area (Å²) in [5, 5.41) is 12.1. The third-order valence-corrected chi connectivity index (χ3v) is 8.51. The van der Waals surface area contributed by atoms with E-state index in [-0.39, 0.29) is 56.3 Å². The van der Waals surface area contributed by atoms with Gasteiger partial charge in [-0.05, 0) is 70.6 Å². The van der Waals surface area contributed by atoms with Gasteiger partial charge in [-0.15, -0.1) is 0 Å². The number of likely N-dealkylation sites (tertiary alicyclic amines) is 1. The molecule has 0 bridgehead atoms. The Balaban J connectivity index is 1.74. The fourth-order valence-electron chi connectivity index (χ4n) is 5.91. The number of hydrogen-bond donors (Lipinski definition) is 1. The molecule has 14 heteroatoms. The average molecular weight is 665 g/mol. The number of carbonyl (C=O) groups is 2. The Kier molecular flexibility index (Phi) is 11.6. The number of hydrogen-bond acceptors (Lipinski definition) is 8. The predicted molar refractivity (Wildman–Crippen MR) is 168 cm³/mol. The van der Waals surface area contributed by atoms with Gasteiger partial charge >= 0.3 is 11.8 Å². The van der Waals surface area contributed by atoms with Gasteiger partial charge in [0.15, 0.2) is 11.6 Å². The van der Waals surface area contributed by atoms with Crippen LogP contribution in [-0.2, 0) is 44.2 Å². The summed E-state index contributed by atoms with van der Waals surface area (Å²) >= 11 is 0. The van der Waals surface area contributed by atoms with Gasteiger partial charge in [0, 0.05) is 65.9 Å². The maximum atomic E-state index is 14.6. The summed E-state index contributed by atoms with van der Waals surface area (Å²) < 4.78 is 46.7. The van der Waals surface area contributed by atoms with Crippen molar-refractivity contribution in [1.82, 2.24) is 18.9 Å². The number of aromatic nitrogens is 2. The molecule has 2 aromatic rings. The van der Waals surface area contributed by atoms with E-state index >= 15 is 0 Å². The van der Waals surface area contributed by atoms with Crippen molar-refractivity contribution in [2.75, 3.05) is 40.5 Å². The molecule has 0 unspecified atom stereocenters. The van der Waals surface area contributed by atoms with Crippen molar-refractivity contribution in [2.45, 2.75) is 89.8 Å². The number of rotatable bonds is 13. The molecule has 0 spiro atoms. The molecule has 1 aliphatic carbocycles. The lowest BCUT2D eigenvalue weighted by Gasteiger charge is -2.45. The summed E-state index contributed by atoms with van der Waals surface area (Å²) in [5.41, 5.74) is -3.60. The molecule has 260 valence electrons. The molecule has 47 heavy (non-hydrogen) atoms. The van der Waals surface area contributed by atoms with Crippen molar-refractivity contribution in [2.24, 2.45) is 5.92 Å². The number of aliphatic hydroxyl groups is 1. The summed E-state index contributed by atoms with van der Waals surface area (Å²) in [4.78, 5) is 57.4. The first-order valence-corrected chi connectivity index (χ1v) is 16.0. The molecule has 2 heterocycles. The van der Waals surface area contributed by atoms with Crippen LogP contribution >= 0.6 is 0 Å². The van der Waals surface area contributed by atoms with Crippen LogP contribution in [0.3, 0.4) is 0 Å². The molecule has 1 saturated heterocycles. The molecule has 1 saturated carbocycles. The Labute approximate surface area is 272 Å².